The maximum absolute atomic E-state index is 13.0. The summed E-state index contributed by atoms with van der Waals surface area (Å²) >= 11 is 6.42. The van der Waals surface area contributed by atoms with Crippen LogP contribution in [0, 0.1) is 0 Å². The molecule has 6 nitrogen and oxygen atoms in total. The fourth-order valence-electron chi connectivity index (χ4n) is 3.04. The van der Waals surface area contributed by atoms with E-state index in [0.29, 0.717) is 22.0 Å². The highest BCUT2D eigenvalue weighted by Gasteiger charge is 2.40. The molecule has 3 rings (SSSR count). The largest absolute Gasteiger partial charge is 0.493 e. The van der Waals surface area contributed by atoms with Gasteiger partial charge < -0.3 is 14.6 Å². The van der Waals surface area contributed by atoms with E-state index in [0.717, 1.165) is 17.3 Å². The fourth-order valence-corrected chi connectivity index (χ4v) is 4.39. The number of thiocarbonyl (C=S) groups is 1. The second-order valence-corrected chi connectivity index (χ2v) is 7.85. The predicted molar refractivity (Wildman–Crippen MR) is 116 cm³/mol. The number of hydrogen-bond acceptors (Lipinski definition) is 6. The Labute approximate surface area is 178 Å². The number of carboxylic acids is 1. The number of methoxy groups -OCH3 is 2. The molecule has 150 valence electrons. The Morgan fingerprint density at radius 3 is 2.52 bits per heavy atom. The average Bonchev–Trinajstić information content (AvgIpc) is 2.99. The molecule has 0 radical (unpaired) electrons. The van der Waals surface area contributed by atoms with Gasteiger partial charge in [-0.3, -0.25) is 9.69 Å². The minimum absolute atomic E-state index is 0.165. The van der Waals surface area contributed by atoms with Gasteiger partial charge >= 0.3 is 5.97 Å². The third-order valence-corrected chi connectivity index (χ3v) is 5.74. The number of ether oxygens (including phenoxy) is 2. The van der Waals surface area contributed by atoms with E-state index in [1.165, 1.54) is 19.1 Å². The van der Waals surface area contributed by atoms with E-state index in [9.17, 15) is 14.7 Å². The fraction of sp³-hybridized carbons (Fsp3) is 0.190. The minimum Gasteiger partial charge on any atom is -0.493 e. The molecule has 1 fully saturated rings. The van der Waals surface area contributed by atoms with Crippen molar-refractivity contribution in [1.82, 2.24) is 4.90 Å². The highest BCUT2D eigenvalue weighted by molar-refractivity contribution is 8.26. The Balaban J connectivity index is 1.93. The van der Waals surface area contributed by atoms with E-state index < -0.39 is 17.9 Å². The van der Waals surface area contributed by atoms with Crippen LogP contribution in [0.3, 0.4) is 0 Å². The first-order valence-corrected chi connectivity index (χ1v) is 9.93. The molecule has 1 N–H and O–H groups in total. The zero-order valence-corrected chi connectivity index (χ0v) is 17.5. The lowest BCUT2D eigenvalue weighted by atomic mass is 10.0. The van der Waals surface area contributed by atoms with Gasteiger partial charge in [0.1, 0.15) is 10.4 Å². The number of para-hydroxylation sites is 1. The Morgan fingerprint density at radius 1 is 1.17 bits per heavy atom. The van der Waals surface area contributed by atoms with Gasteiger partial charge in [-0.2, -0.15) is 0 Å². The zero-order valence-electron chi connectivity index (χ0n) is 15.8. The van der Waals surface area contributed by atoms with Gasteiger partial charge in [-0.1, -0.05) is 66.4 Å². The molecule has 29 heavy (non-hydrogen) atoms. The van der Waals surface area contributed by atoms with Crippen LogP contribution in [0.1, 0.15) is 11.1 Å². The number of carbonyl (C=O) groups excluding carboxylic acids is 1. The van der Waals surface area contributed by atoms with Crippen molar-refractivity contribution < 1.29 is 24.2 Å². The number of benzene rings is 2. The van der Waals surface area contributed by atoms with Crippen LogP contribution in [0.2, 0.25) is 0 Å². The number of carbonyl (C=O) groups is 2. The molecule has 8 heteroatoms. The third-order valence-electron chi connectivity index (χ3n) is 4.41. The second-order valence-electron chi connectivity index (χ2n) is 6.18. The number of aliphatic carboxylic acids is 1. The van der Waals surface area contributed by atoms with Gasteiger partial charge in [0, 0.05) is 12.0 Å². The summed E-state index contributed by atoms with van der Waals surface area (Å²) in [7, 11) is 3.04. The first-order valence-electron chi connectivity index (χ1n) is 8.71. The van der Waals surface area contributed by atoms with Crippen LogP contribution in [-0.4, -0.2) is 46.5 Å². The Morgan fingerprint density at radius 2 is 1.90 bits per heavy atom. The summed E-state index contributed by atoms with van der Waals surface area (Å²) in [5.74, 6) is -0.526. The molecule has 1 aliphatic rings. The van der Waals surface area contributed by atoms with E-state index in [-0.39, 0.29) is 10.7 Å². The van der Waals surface area contributed by atoms with E-state index >= 15 is 0 Å². The van der Waals surface area contributed by atoms with Crippen molar-refractivity contribution >= 4 is 46.3 Å². The summed E-state index contributed by atoms with van der Waals surface area (Å²) in [6.07, 6.45) is 1.81. The molecule has 1 heterocycles. The Bertz CT molecular complexity index is 974. The normalized spacial score (nSPS) is 16.2. The van der Waals surface area contributed by atoms with E-state index in [2.05, 4.69) is 0 Å². The summed E-state index contributed by atoms with van der Waals surface area (Å²) in [4.78, 5) is 26.4. The van der Waals surface area contributed by atoms with Gasteiger partial charge in [-0.15, -0.1) is 0 Å². The Hall–Kier alpha value is -2.84. The average molecular weight is 430 g/mol. The monoisotopic (exact) mass is 429 g/mol. The second kappa shape index (κ2) is 9.11. The molecule has 0 bridgehead atoms. The van der Waals surface area contributed by atoms with Crippen LogP contribution in [0.25, 0.3) is 6.08 Å². The quantitative estimate of drug-likeness (QED) is 0.532. The van der Waals surface area contributed by atoms with E-state index in [1.807, 2.05) is 30.3 Å². The number of amides is 1. The predicted octanol–water partition coefficient (Wildman–Crippen LogP) is 3.60. The maximum atomic E-state index is 13.0. The summed E-state index contributed by atoms with van der Waals surface area (Å²) in [6, 6.07) is 13.4. The van der Waals surface area contributed by atoms with Crippen LogP contribution in [0.15, 0.2) is 53.4 Å². The molecule has 2 aromatic rings. The molecular formula is C21H19NO5S2. The lowest BCUT2D eigenvalue weighted by molar-refractivity contribution is -0.145. The SMILES string of the molecule is COc1cccc(/C=C2/SC(=S)N([C@H](Cc3ccccc3)C(=O)O)C2=O)c1OC. The van der Waals surface area contributed by atoms with Crippen LogP contribution in [-0.2, 0) is 16.0 Å². The first kappa shape index (κ1) is 20.9. The summed E-state index contributed by atoms with van der Waals surface area (Å²) in [5, 5.41) is 9.74. The van der Waals surface area contributed by atoms with E-state index in [1.54, 1.807) is 24.3 Å². The summed E-state index contributed by atoms with van der Waals surface area (Å²) in [6.45, 7) is 0. The standard InChI is InChI=1S/C21H19NO5S2/c1-26-16-10-6-9-14(18(16)27-2)12-17-19(23)22(21(28)29-17)15(20(24)25)11-13-7-4-3-5-8-13/h3-10,12,15H,11H2,1-2H3,(H,24,25)/b17-12+/t15-/m1/s1. The van der Waals surface area contributed by atoms with Gasteiger partial charge in [0.05, 0.1) is 19.1 Å². The Kier molecular flexibility index (Phi) is 6.56. The highest BCUT2D eigenvalue weighted by Crippen LogP contribution is 2.38. The summed E-state index contributed by atoms with van der Waals surface area (Å²) in [5.41, 5.74) is 1.45. The molecular weight excluding hydrogens is 410 g/mol. The molecule has 0 aliphatic carbocycles. The van der Waals surface area contributed by atoms with Gasteiger partial charge in [0.2, 0.25) is 0 Å². The van der Waals surface area contributed by atoms with Crippen molar-refractivity contribution in [2.45, 2.75) is 12.5 Å². The van der Waals surface area contributed by atoms with Gasteiger partial charge in [-0.25, -0.2) is 4.79 Å². The smallest absolute Gasteiger partial charge is 0.327 e. The van der Waals surface area contributed by atoms with Gasteiger partial charge in [0.15, 0.2) is 11.5 Å². The number of hydrogen-bond donors (Lipinski definition) is 1. The molecule has 0 unspecified atom stereocenters. The van der Waals surface area contributed by atoms with Crippen LogP contribution in [0.4, 0.5) is 0 Å². The van der Waals surface area contributed by atoms with Crippen molar-refractivity contribution in [1.29, 1.82) is 0 Å². The molecule has 1 atom stereocenters. The van der Waals surface area contributed by atoms with Crippen LogP contribution >= 0.6 is 24.0 Å². The molecule has 1 aliphatic heterocycles. The number of thioether (sulfide) groups is 1. The third kappa shape index (κ3) is 4.44. The van der Waals surface area contributed by atoms with Crippen LogP contribution in [0.5, 0.6) is 11.5 Å². The lowest BCUT2D eigenvalue weighted by Crippen LogP contribution is -2.45. The van der Waals surface area contributed by atoms with Gasteiger partial charge in [-0.05, 0) is 17.7 Å². The highest BCUT2D eigenvalue weighted by atomic mass is 32.2. The van der Waals surface area contributed by atoms with Crippen LogP contribution < -0.4 is 9.47 Å². The molecule has 1 saturated heterocycles. The first-order chi connectivity index (χ1) is 14.0. The molecule has 1 amide bonds. The van der Waals surface area contributed by atoms with Crippen molar-refractivity contribution in [2.75, 3.05) is 14.2 Å². The molecule has 0 aromatic heterocycles. The summed E-state index contributed by atoms with van der Waals surface area (Å²) < 4.78 is 10.9. The van der Waals surface area contributed by atoms with Crippen molar-refractivity contribution in [3.63, 3.8) is 0 Å². The molecule has 0 saturated carbocycles. The number of carboxylic acid groups (broad SMARTS) is 1. The maximum Gasteiger partial charge on any atom is 0.327 e. The van der Waals surface area contributed by atoms with Crippen molar-refractivity contribution in [3.8, 4) is 11.5 Å². The topological polar surface area (TPSA) is 76.1 Å². The van der Waals surface area contributed by atoms with Crippen molar-refractivity contribution in [3.05, 3.63) is 64.6 Å². The zero-order chi connectivity index (χ0) is 21.0. The molecule has 0 spiro atoms. The lowest BCUT2D eigenvalue weighted by Gasteiger charge is -2.23. The van der Waals surface area contributed by atoms with Crippen molar-refractivity contribution in [2.24, 2.45) is 0 Å². The van der Waals surface area contributed by atoms with E-state index in [4.69, 9.17) is 21.7 Å². The minimum atomic E-state index is -1.11. The molecule has 2 aromatic carbocycles. The van der Waals surface area contributed by atoms with Gasteiger partial charge in [0.25, 0.3) is 5.91 Å². The number of nitrogens with zero attached hydrogens (tertiary/aromatic N) is 1. The number of rotatable bonds is 7.